The Hall–Kier alpha value is -1.32. The summed E-state index contributed by atoms with van der Waals surface area (Å²) >= 11 is 0. The predicted octanol–water partition coefficient (Wildman–Crippen LogP) is 4.25. The first-order valence-electron chi connectivity index (χ1n) is 5.62. The summed E-state index contributed by atoms with van der Waals surface area (Å²) in [6, 6.07) is 1.36. The average molecular weight is 240 g/mol. The molecule has 0 aromatic carbocycles. The highest BCUT2D eigenvalue weighted by Crippen LogP contribution is 2.29. The Morgan fingerprint density at radius 3 is 2.47 bits per heavy atom. The first-order chi connectivity index (χ1) is 7.71. The fourth-order valence-electron chi connectivity index (χ4n) is 1.19. The summed E-state index contributed by atoms with van der Waals surface area (Å²) in [5, 5.41) is 0. The molecule has 0 saturated carbocycles. The number of aliphatic imine (C=N–C) groups is 1. The van der Waals surface area contributed by atoms with E-state index in [1.165, 1.54) is 12.3 Å². The Kier molecular flexibility index (Phi) is 3.96. The second-order valence-electron chi connectivity index (χ2n) is 4.65. The van der Waals surface area contributed by atoms with E-state index in [0.29, 0.717) is 11.6 Å². The second kappa shape index (κ2) is 4.90. The van der Waals surface area contributed by atoms with E-state index in [0.717, 1.165) is 18.2 Å². The molecule has 0 spiro atoms. The van der Waals surface area contributed by atoms with Crippen LogP contribution >= 0.6 is 0 Å². The van der Waals surface area contributed by atoms with E-state index in [2.05, 4.69) is 9.98 Å². The maximum Gasteiger partial charge on any atom is 0.287 e. The average Bonchev–Trinajstić information content (AvgIpc) is 2.19. The van der Waals surface area contributed by atoms with Gasteiger partial charge >= 0.3 is 0 Å². The third-order valence-electron chi connectivity index (χ3n) is 2.66. The van der Waals surface area contributed by atoms with Crippen LogP contribution in [0.1, 0.15) is 39.0 Å². The van der Waals surface area contributed by atoms with Gasteiger partial charge in [0.05, 0.1) is 5.69 Å². The number of aryl methyl sites for hydroxylation is 1. The van der Waals surface area contributed by atoms with Crippen molar-refractivity contribution >= 4 is 11.4 Å². The van der Waals surface area contributed by atoms with Gasteiger partial charge in [-0.25, -0.2) is 0 Å². The number of nitrogens with zero attached hydrogens (tertiary/aromatic N) is 2. The van der Waals surface area contributed by atoms with Crippen molar-refractivity contribution in [1.29, 1.82) is 0 Å². The molecule has 17 heavy (non-hydrogen) atoms. The molecule has 0 bridgehead atoms. The van der Waals surface area contributed by atoms with Gasteiger partial charge in [-0.3, -0.25) is 9.98 Å². The molecule has 94 valence electrons. The topological polar surface area (TPSA) is 25.2 Å². The van der Waals surface area contributed by atoms with Crippen LogP contribution in [0.15, 0.2) is 17.3 Å². The van der Waals surface area contributed by atoms with Gasteiger partial charge in [-0.15, -0.1) is 0 Å². The zero-order chi connectivity index (χ0) is 13.2. The summed E-state index contributed by atoms with van der Waals surface area (Å²) in [6.07, 6.45) is 1.44. The molecule has 0 aliphatic rings. The lowest BCUT2D eigenvalue weighted by molar-refractivity contribution is 0.0128. The lowest BCUT2D eigenvalue weighted by Crippen LogP contribution is -2.09. The molecule has 0 radical (unpaired) electrons. The molecule has 0 aliphatic heterocycles. The Labute approximate surface area is 101 Å². The van der Waals surface area contributed by atoms with Gasteiger partial charge in [0.15, 0.2) is 0 Å². The van der Waals surface area contributed by atoms with Gasteiger partial charge in [0.25, 0.3) is 5.92 Å². The molecule has 2 nitrogen and oxygen atoms in total. The number of aromatic nitrogens is 1. The van der Waals surface area contributed by atoms with E-state index in [-0.39, 0.29) is 5.69 Å². The van der Waals surface area contributed by atoms with E-state index in [1.807, 2.05) is 27.7 Å². The number of alkyl halides is 2. The minimum Gasteiger partial charge on any atom is -0.257 e. The van der Waals surface area contributed by atoms with Gasteiger partial charge < -0.3 is 0 Å². The number of halogens is 2. The van der Waals surface area contributed by atoms with Gasteiger partial charge in [-0.2, -0.15) is 8.78 Å². The van der Waals surface area contributed by atoms with E-state index in [1.54, 1.807) is 0 Å². The van der Waals surface area contributed by atoms with Crippen molar-refractivity contribution in [2.24, 2.45) is 10.9 Å². The molecule has 0 saturated heterocycles. The van der Waals surface area contributed by atoms with Crippen LogP contribution < -0.4 is 0 Å². The fraction of sp³-hybridized carbons (Fsp3) is 0.538. The zero-order valence-corrected chi connectivity index (χ0v) is 10.9. The number of rotatable bonds is 3. The van der Waals surface area contributed by atoms with Crippen molar-refractivity contribution < 1.29 is 8.78 Å². The minimum atomic E-state index is -2.93. The summed E-state index contributed by atoms with van der Waals surface area (Å²) in [5.74, 6) is -2.63. The van der Waals surface area contributed by atoms with Crippen molar-refractivity contribution in [3.05, 3.63) is 23.5 Å². The highest BCUT2D eigenvalue weighted by molar-refractivity contribution is 5.86. The van der Waals surface area contributed by atoms with Crippen LogP contribution in [-0.2, 0) is 5.92 Å². The highest BCUT2D eigenvalue weighted by Gasteiger charge is 2.26. The molecule has 0 N–H and O–H groups in total. The molecule has 0 unspecified atom stereocenters. The standard InChI is InChI=1S/C13H18F2N2/c1-8(2)10(4)17-11-6-12(13(5,14)15)16-7-9(11)3/h6-8H,1-5H3. The monoisotopic (exact) mass is 240 g/mol. The third-order valence-corrected chi connectivity index (χ3v) is 2.66. The van der Waals surface area contributed by atoms with Gasteiger partial charge in [0.2, 0.25) is 0 Å². The molecular weight excluding hydrogens is 222 g/mol. The van der Waals surface area contributed by atoms with Crippen molar-refractivity contribution in [2.75, 3.05) is 0 Å². The maximum absolute atomic E-state index is 13.2. The summed E-state index contributed by atoms with van der Waals surface area (Å²) < 4.78 is 26.3. The Bertz CT molecular complexity index is 432. The van der Waals surface area contributed by atoms with Crippen molar-refractivity contribution in [3.8, 4) is 0 Å². The molecule has 0 aliphatic carbocycles. The van der Waals surface area contributed by atoms with Gasteiger partial charge in [0, 0.05) is 18.8 Å². The summed E-state index contributed by atoms with van der Waals surface area (Å²) in [6.45, 7) is 8.59. The van der Waals surface area contributed by atoms with Crippen LogP contribution in [0.5, 0.6) is 0 Å². The molecular formula is C13H18F2N2. The van der Waals surface area contributed by atoms with Gasteiger partial charge in [-0.1, -0.05) is 13.8 Å². The first kappa shape index (κ1) is 13.7. The van der Waals surface area contributed by atoms with Crippen LogP contribution in [0.3, 0.4) is 0 Å². The second-order valence-corrected chi connectivity index (χ2v) is 4.65. The van der Waals surface area contributed by atoms with E-state index in [4.69, 9.17) is 0 Å². The Morgan fingerprint density at radius 2 is 2.00 bits per heavy atom. The van der Waals surface area contributed by atoms with Crippen LogP contribution in [0, 0.1) is 12.8 Å². The number of hydrogen-bond acceptors (Lipinski definition) is 2. The van der Waals surface area contributed by atoms with E-state index >= 15 is 0 Å². The molecule has 0 amide bonds. The number of hydrogen-bond donors (Lipinski definition) is 0. The zero-order valence-electron chi connectivity index (χ0n) is 10.9. The van der Waals surface area contributed by atoms with Crippen LogP contribution in [0.2, 0.25) is 0 Å². The summed E-state index contributed by atoms with van der Waals surface area (Å²) in [5.41, 5.74) is 2.06. The molecule has 1 aromatic heterocycles. The van der Waals surface area contributed by atoms with E-state index in [9.17, 15) is 8.78 Å². The summed E-state index contributed by atoms with van der Waals surface area (Å²) in [7, 11) is 0. The maximum atomic E-state index is 13.2. The summed E-state index contributed by atoms with van der Waals surface area (Å²) in [4.78, 5) is 8.12. The van der Waals surface area contributed by atoms with Crippen LogP contribution in [0.25, 0.3) is 0 Å². The largest absolute Gasteiger partial charge is 0.287 e. The van der Waals surface area contributed by atoms with Crippen LogP contribution in [-0.4, -0.2) is 10.7 Å². The third kappa shape index (κ3) is 3.58. The number of pyridine rings is 1. The Morgan fingerprint density at radius 1 is 1.41 bits per heavy atom. The van der Waals surface area contributed by atoms with Gasteiger partial charge in [0.1, 0.15) is 5.69 Å². The molecule has 0 atom stereocenters. The molecule has 4 heteroatoms. The molecule has 0 fully saturated rings. The van der Waals surface area contributed by atoms with Crippen molar-refractivity contribution in [1.82, 2.24) is 4.98 Å². The smallest absolute Gasteiger partial charge is 0.257 e. The SMILES string of the molecule is CC(=Nc1cc(C(C)(F)F)ncc1C)C(C)C. The van der Waals surface area contributed by atoms with Crippen molar-refractivity contribution in [3.63, 3.8) is 0 Å². The molecule has 1 heterocycles. The highest BCUT2D eigenvalue weighted by atomic mass is 19.3. The minimum absolute atomic E-state index is 0.238. The fourth-order valence-corrected chi connectivity index (χ4v) is 1.19. The van der Waals surface area contributed by atoms with E-state index < -0.39 is 5.92 Å². The quantitative estimate of drug-likeness (QED) is 0.725. The van der Waals surface area contributed by atoms with Gasteiger partial charge in [-0.05, 0) is 31.4 Å². The lowest BCUT2D eigenvalue weighted by atomic mass is 10.1. The first-order valence-corrected chi connectivity index (χ1v) is 5.62. The Balaban J connectivity index is 3.21. The molecule has 1 aromatic rings. The van der Waals surface area contributed by atoms with Crippen LogP contribution in [0.4, 0.5) is 14.5 Å². The predicted molar refractivity (Wildman–Crippen MR) is 66.1 cm³/mol. The lowest BCUT2D eigenvalue weighted by Gasteiger charge is -2.12. The molecule has 1 rings (SSSR count). The van der Waals surface area contributed by atoms with Crippen molar-refractivity contribution in [2.45, 2.75) is 40.5 Å². The normalized spacial score (nSPS) is 13.3.